The molecule has 4 nitrogen and oxygen atoms in total. The molecule has 0 aliphatic rings. The Labute approximate surface area is 89.0 Å². The third-order valence-corrected chi connectivity index (χ3v) is 0.790. The van der Waals surface area contributed by atoms with Crippen molar-refractivity contribution in [1.29, 1.82) is 10.5 Å². The van der Waals surface area contributed by atoms with E-state index in [9.17, 15) is 9.46 Å². The third kappa shape index (κ3) is 4.95. The first-order valence-corrected chi connectivity index (χ1v) is 2.88. The fourth-order valence-electron chi connectivity index (χ4n) is 0.0224. The monoisotopic (exact) mass is 154 g/mol. The molecule has 0 saturated heterocycles. The van der Waals surface area contributed by atoms with E-state index in [4.69, 9.17) is 10.5 Å². The summed E-state index contributed by atoms with van der Waals surface area (Å²) in [6.45, 7) is 0. The zero-order valence-corrected chi connectivity index (χ0v) is 8.18. The number of rotatable bonds is 0. The zero-order chi connectivity index (χ0) is 5.91. The molecule has 36 valence electrons. The molecule has 0 bridgehead atoms. The van der Waals surface area contributed by atoms with Crippen LogP contribution in [-0.2, 0) is 4.57 Å². The van der Waals surface area contributed by atoms with E-state index in [1.54, 1.807) is 0 Å². The largest absolute Gasteiger partial charge is 1.00 e. The van der Waals surface area contributed by atoms with Crippen LogP contribution >= 0.6 is 7.37 Å². The summed E-state index contributed by atoms with van der Waals surface area (Å²) in [6, 6.07) is 0. The predicted molar refractivity (Wildman–Crippen MR) is 18.8 cm³/mol. The summed E-state index contributed by atoms with van der Waals surface area (Å²) in [4.78, 5) is 9.67. The van der Waals surface area contributed by atoms with Crippen molar-refractivity contribution in [2.75, 3.05) is 0 Å². The van der Waals surface area contributed by atoms with Gasteiger partial charge in [0.05, 0.1) is 0 Å². The van der Waals surface area contributed by atoms with Crippen molar-refractivity contribution in [1.82, 2.24) is 0 Å². The Bertz CT molecular complexity index is 171. The van der Waals surface area contributed by atoms with E-state index in [1.165, 1.54) is 0 Å². The minimum atomic E-state index is -4.29. The Hall–Kier alpha value is 0.806. The summed E-state index contributed by atoms with van der Waals surface area (Å²) in [5, 5.41) is 15.1. The molecule has 0 aromatic rings. The molecule has 0 aromatic carbocycles. The van der Waals surface area contributed by atoms with Crippen molar-refractivity contribution < 1.29 is 60.8 Å². The molecule has 0 fully saturated rings. The first-order valence-electron chi connectivity index (χ1n) is 1.26. The minimum Gasteiger partial charge on any atom is -0.778 e. The van der Waals surface area contributed by atoms with Gasteiger partial charge in [0.1, 0.15) is 11.6 Å². The van der Waals surface area contributed by atoms with Crippen molar-refractivity contribution in [3.05, 3.63) is 0 Å². The van der Waals surface area contributed by atoms with Gasteiger partial charge in [0, 0.05) is 0 Å². The summed E-state index contributed by atoms with van der Waals surface area (Å²) in [7, 11) is -4.29. The molecule has 0 heterocycles. The molecular weight excluding hydrogens is 154 g/mol. The van der Waals surface area contributed by atoms with E-state index < -0.39 is 7.37 Å². The van der Waals surface area contributed by atoms with Crippen LogP contribution in [0.4, 0.5) is 0 Å². The SMILES string of the molecule is N#CP(=O)([O-])C#N.[K+]. The summed E-state index contributed by atoms with van der Waals surface area (Å²) >= 11 is 0. The van der Waals surface area contributed by atoms with Crippen molar-refractivity contribution >= 4 is 7.37 Å². The molecule has 0 unspecified atom stereocenters. The van der Waals surface area contributed by atoms with Gasteiger partial charge >= 0.3 is 51.4 Å². The summed E-state index contributed by atoms with van der Waals surface area (Å²) < 4.78 is 9.67. The van der Waals surface area contributed by atoms with Crippen molar-refractivity contribution in [2.24, 2.45) is 0 Å². The number of nitrogens with zero attached hydrogens (tertiary/aromatic N) is 2. The second-order valence-corrected chi connectivity index (χ2v) is 2.25. The molecule has 0 amide bonds. The van der Waals surface area contributed by atoms with Crippen LogP contribution in [0, 0.1) is 22.1 Å². The molecule has 8 heavy (non-hydrogen) atoms. The van der Waals surface area contributed by atoms with E-state index in [-0.39, 0.29) is 51.4 Å². The summed E-state index contributed by atoms with van der Waals surface area (Å²) in [5.74, 6) is 1.66. The van der Waals surface area contributed by atoms with E-state index >= 15 is 0 Å². The standard InChI is InChI=1S/C2HN2O2P.K/c3-1-7(5,6)2-4;/h(H,5,6);/q;+1/p-1. The van der Waals surface area contributed by atoms with Gasteiger partial charge in [-0.15, -0.1) is 0 Å². The van der Waals surface area contributed by atoms with Gasteiger partial charge in [-0.25, -0.2) is 0 Å². The number of hydrogen-bond donors (Lipinski definition) is 0. The molecule has 0 radical (unpaired) electrons. The Morgan fingerprint density at radius 1 is 1.38 bits per heavy atom. The quantitative estimate of drug-likeness (QED) is 0.268. The Kier molecular flexibility index (Phi) is 6.75. The molecule has 0 aromatic heterocycles. The van der Waals surface area contributed by atoms with Gasteiger partial charge in [-0.05, 0) is 0 Å². The van der Waals surface area contributed by atoms with Crippen LogP contribution in [0.2, 0.25) is 0 Å². The van der Waals surface area contributed by atoms with Gasteiger partial charge in [0.2, 0.25) is 7.37 Å². The Morgan fingerprint density at radius 2 is 1.62 bits per heavy atom. The van der Waals surface area contributed by atoms with Crippen LogP contribution < -0.4 is 56.3 Å². The normalized spacial score (nSPS) is 7.88. The fraction of sp³-hybridized carbons (Fsp3) is 0. The van der Waals surface area contributed by atoms with Gasteiger partial charge in [0.15, 0.2) is 0 Å². The van der Waals surface area contributed by atoms with E-state index in [0.717, 1.165) is 11.6 Å². The molecule has 0 N–H and O–H groups in total. The maximum atomic E-state index is 9.67. The summed E-state index contributed by atoms with van der Waals surface area (Å²) in [5.41, 5.74) is 0. The molecule has 0 saturated carbocycles. The summed E-state index contributed by atoms with van der Waals surface area (Å²) in [6.07, 6.45) is 0. The fourth-order valence-corrected chi connectivity index (χ4v) is 0.0671. The second-order valence-electron chi connectivity index (χ2n) is 0.751. The zero-order valence-electron chi connectivity index (χ0n) is 4.16. The number of nitriles is 2. The van der Waals surface area contributed by atoms with Crippen LogP contribution in [0.15, 0.2) is 0 Å². The molecule has 0 spiro atoms. The molecule has 0 aliphatic heterocycles. The van der Waals surface area contributed by atoms with Crippen molar-refractivity contribution in [2.45, 2.75) is 0 Å². The molecule has 0 aliphatic carbocycles. The van der Waals surface area contributed by atoms with Gasteiger partial charge in [0.25, 0.3) is 0 Å². The van der Waals surface area contributed by atoms with Crippen LogP contribution in [0.25, 0.3) is 0 Å². The molecular formula is C2KN2O2P. The van der Waals surface area contributed by atoms with Crippen LogP contribution in [0.5, 0.6) is 0 Å². The first kappa shape index (κ1) is 11.6. The van der Waals surface area contributed by atoms with Crippen LogP contribution in [0.1, 0.15) is 0 Å². The predicted octanol–water partition coefficient (Wildman–Crippen LogP) is -3.41. The molecule has 0 rings (SSSR count). The molecule has 0 atom stereocenters. The molecule has 6 heteroatoms. The van der Waals surface area contributed by atoms with E-state index in [2.05, 4.69) is 0 Å². The Morgan fingerprint density at radius 3 is 1.62 bits per heavy atom. The Balaban J connectivity index is 0. The van der Waals surface area contributed by atoms with Crippen molar-refractivity contribution in [3.63, 3.8) is 0 Å². The maximum absolute atomic E-state index is 9.67. The topological polar surface area (TPSA) is 87.7 Å². The van der Waals surface area contributed by atoms with Gasteiger partial charge in [-0.1, -0.05) is 0 Å². The third-order valence-electron chi connectivity index (χ3n) is 0.263. The first-order chi connectivity index (χ1) is 3.12. The van der Waals surface area contributed by atoms with Crippen LogP contribution in [0.3, 0.4) is 0 Å². The van der Waals surface area contributed by atoms with E-state index in [1.807, 2.05) is 0 Å². The number of hydrogen-bond acceptors (Lipinski definition) is 4. The average molecular weight is 154 g/mol. The minimum absolute atomic E-state index is 0. The van der Waals surface area contributed by atoms with E-state index in [0.29, 0.717) is 0 Å². The van der Waals surface area contributed by atoms with Gasteiger partial charge in [-0.3, -0.25) is 0 Å². The second kappa shape index (κ2) is 4.66. The van der Waals surface area contributed by atoms with Gasteiger partial charge < -0.3 is 9.46 Å². The van der Waals surface area contributed by atoms with Crippen molar-refractivity contribution in [3.8, 4) is 11.6 Å². The maximum Gasteiger partial charge on any atom is 1.00 e. The average Bonchev–Trinajstić information content (AvgIpc) is 1.68. The van der Waals surface area contributed by atoms with Gasteiger partial charge in [-0.2, -0.15) is 10.5 Å². The smallest absolute Gasteiger partial charge is 0.778 e. The van der Waals surface area contributed by atoms with Crippen LogP contribution in [-0.4, -0.2) is 0 Å².